The maximum absolute atomic E-state index is 4.80. The molecule has 0 fully saturated rings. The molecule has 0 aromatic carbocycles. The van der Waals surface area contributed by atoms with Gasteiger partial charge in [0, 0.05) is 32.7 Å². The second-order valence-electron chi connectivity index (χ2n) is 1.88. The van der Waals surface area contributed by atoms with Crippen LogP contribution in [0, 0.1) is 24.7 Å². The van der Waals surface area contributed by atoms with Gasteiger partial charge in [-0.25, -0.2) is 0 Å². The molecule has 0 aliphatic carbocycles. The minimum atomic E-state index is 0. The number of H-pyrrole nitrogens is 1. The zero-order valence-electron chi connectivity index (χ0n) is 5.93. The van der Waals surface area contributed by atoms with Crippen LogP contribution in [-0.4, -0.2) is 9.97 Å². The van der Waals surface area contributed by atoms with Gasteiger partial charge in [-0.05, 0) is 12.2 Å². The topological polar surface area (TPSA) is 28.7 Å². The second-order valence-corrected chi connectivity index (χ2v) is 2.26. The summed E-state index contributed by atoms with van der Waals surface area (Å²) in [5.41, 5.74) is 1.78. The number of nitrogens with zero attached hydrogens (tertiary/aromatic N) is 1. The summed E-state index contributed by atoms with van der Waals surface area (Å²) in [5.74, 6) is 0. The SMILES string of the molecule is Cc1[c-]c(C)[nH]c(=S)n1.[Y]. The van der Waals surface area contributed by atoms with Crippen LogP contribution in [0.4, 0.5) is 0 Å². The molecular formula is C6H7N2SY-. The molecule has 1 N–H and O–H groups in total. The van der Waals surface area contributed by atoms with Gasteiger partial charge in [-0.3, -0.25) is 4.98 Å². The van der Waals surface area contributed by atoms with Crippen molar-refractivity contribution >= 4 is 12.2 Å². The van der Waals surface area contributed by atoms with Crippen molar-refractivity contribution in [2.45, 2.75) is 13.8 Å². The molecule has 0 unspecified atom stereocenters. The van der Waals surface area contributed by atoms with Crippen LogP contribution in [0.5, 0.6) is 0 Å². The first-order chi connectivity index (χ1) is 4.18. The molecular weight excluding hydrogens is 221 g/mol. The average molecular weight is 228 g/mol. The minimum absolute atomic E-state index is 0. The Morgan fingerprint density at radius 1 is 1.50 bits per heavy atom. The van der Waals surface area contributed by atoms with Gasteiger partial charge in [0.15, 0.2) is 4.77 Å². The number of aromatic nitrogens is 2. The summed E-state index contributed by atoms with van der Waals surface area (Å²) >= 11 is 4.80. The van der Waals surface area contributed by atoms with Crippen LogP contribution in [-0.2, 0) is 32.7 Å². The van der Waals surface area contributed by atoms with Crippen LogP contribution in [0.25, 0.3) is 0 Å². The van der Waals surface area contributed by atoms with E-state index in [-0.39, 0.29) is 32.7 Å². The fourth-order valence-electron chi connectivity index (χ4n) is 0.671. The van der Waals surface area contributed by atoms with E-state index in [1.807, 2.05) is 13.8 Å². The first-order valence-corrected chi connectivity index (χ1v) is 3.06. The van der Waals surface area contributed by atoms with Gasteiger partial charge in [-0.15, -0.1) is 5.69 Å². The van der Waals surface area contributed by atoms with Crippen LogP contribution in [0.15, 0.2) is 0 Å². The molecule has 1 aromatic rings. The second kappa shape index (κ2) is 4.32. The summed E-state index contributed by atoms with van der Waals surface area (Å²) < 4.78 is 0.531. The molecule has 4 heteroatoms. The number of nitrogens with one attached hydrogen (secondary N) is 1. The molecule has 1 radical (unpaired) electrons. The molecule has 51 valence electrons. The molecule has 0 saturated carbocycles. The third kappa shape index (κ3) is 2.99. The molecule has 1 aromatic heterocycles. The van der Waals surface area contributed by atoms with Crippen LogP contribution in [0.3, 0.4) is 0 Å². The number of aromatic amines is 1. The molecule has 0 atom stereocenters. The van der Waals surface area contributed by atoms with Crippen LogP contribution in [0.2, 0.25) is 0 Å². The number of hydrogen-bond donors (Lipinski definition) is 1. The molecule has 0 bridgehead atoms. The van der Waals surface area contributed by atoms with Gasteiger partial charge >= 0.3 is 0 Å². The first kappa shape index (κ1) is 10.4. The third-order valence-electron chi connectivity index (χ3n) is 0.932. The summed E-state index contributed by atoms with van der Waals surface area (Å²) in [5, 5.41) is 0. The van der Waals surface area contributed by atoms with E-state index in [9.17, 15) is 0 Å². The van der Waals surface area contributed by atoms with E-state index in [0.717, 1.165) is 11.4 Å². The van der Waals surface area contributed by atoms with Gasteiger partial charge < -0.3 is 11.1 Å². The summed E-state index contributed by atoms with van der Waals surface area (Å²) in [7, 11) is 0. The standard InChI is InChI=1S/C6H7N2S.Y/c1-4-3-5(2)8-6(9)7-4;/h1-2H3,(H,7,8,9);/q-1;. The Morgan fingerprint density at radius 2 is 2.10 bits per heavy atom. The van der Waals surface area contributed by atoms with Gasteiger partial charge in [0.05, 0.1) is 0 Å². The third-order valence-corrected chi connectivity index (χ3v) is 1.13. The minimum Gasteiger partial charge on any atom is -0.430 e. The van der Waals surface area contributed by atoms with E-state index in [2.05, 4.69) is 16.0 Å². The predicted octanol–water partition coefficient (Wildman–Crippen LogP) is 1.55. The van der Waals surface area contributed by atoms with Crippen molar-refractivity contribution in [1.29, 1.82) is 0 Å². The van der Waals surface area contributed by atoms with Crippen molar-refractivity contribution < 1.29 is 32.7 Å². The maximum atomic E-state index is 4.80. The smallest absolute Gasteiger partial charge is 0.191 e. The van der Waals surface area contributed by atoms with Gasteiger partial charge in [0.2, 0.25) is 0 Å². The molecule has 10 heavy (non-hydrogen) atoms. The van der Waals surface area contributed by atoms with E-state index < -0.39 is 0 Å². The average Bonchev–Trinajstić information content (AvgIpc) is 1.59. The largest absolute Gasteiger partial charge is 0.430 e. The van der Waals surface area contributed by atoms with E-state index in [1.165, 1.54) is 0 Å². The number of aryl methyl sites for hydroxylation is 2. The van der Waals surface area contributed by atoms with Crippen molar-refractivity contribution in [3.8, 4) is 0 Å². The molecule has 2 nitrogen and oxygen atoms in total. The molecule has 0 aliphatic rings. The predicted molar refractivity (Wildman–Crippen MR) is 37.7 cm³/mol. The van der Waals surface area contributed by atoms with Gasteiger partial charge in [-0.1, -0.05) is 13.8 Å². The monoisotopic (exact) mass is 228 g/mol. The fraction of sp³-hybridized carbons (Fsp3) is 0.333. The Hall–Kier alpha value is 0.404. The first-order valence-electron chi connectivity index (χ1n) is 2.65. The Balaban J connectivity index is 0.000000810. The molecule has 1 rings (SSSR count). The summed E-state index contributed by atoms with van der Waals surface area (Å²) in [6, 6.07) is 2.98. The summed E-state index contributed by atoms with van der Waals surface area (Å²) in [4.78, 5) is 6.80. The van der Waals surface area contributed by atoms with E-state index in [0.29, 0.717) is 4.77 Å². The number of rotatable bonds is 0. The Morgan fingerprint density at radius 3 is 2.50 bits per heavy atom. The molecule has 1 heterocycles. The van der Waals surface area contributed by atoms with Crippen molar-refractivity contribution in [3.63, 3.8) is 0 Å². The van der Waals surface area contributed by atoms with Gasteiger partial charge in [0.1, 0.15) is 0 Å². The van der Waals surface area contributed by atoms with E-state index >= 15 is 0 Å². The van der Waals surface area contributed by atoms with Crippen molar-refractivity contribution in [2.24, 2.45) is 0 Å². The van der Waals surface area contributed by atoms with E-state index in [1.54, 1.807) is 0 Å². The van der Waals surface area contributed by atoms with Crippen LogP contribution in [0.1, 0.15) is 11.4 Å². The summed E-state index contributed by atoms with van der Waals surface area (Å²) in [6.07, 6.45) is 0. The van der Waals surface area contributed by atoms with Crippen LogP contribution >= 0.6 is 12.2 Å². The molecule has 0 saturated heterocycles. The van der Waals surface area contributed by atoms with Crippen molar-refractivity contribution in [1.82, 2.24) is 9.97 Å². The van der Waals surface area contributed by atoms with Crippen LogP contribution < -0.4 is 0 Å². The number of hydrogen-bond acceptors (Lipinski definition) is 2. The molecule has 0 aliphatic heterocycles. The Bertz CT molecular complexity index is 245. The zero-order valence-corrected chi connectivity index (χ0v) is 9.59. The molecule has 0 spiro atoms. The summed E-state index contributed by atoms with van der Waals surface area (Å²) in [6.45, 7) is 3.78. The Kier molecular flexibility index (Phi) is 4.49. The van der Waals surface area contributed by atoms with Gasteiger partial charge in [-0.2, -0.15) is 5.69 Å². The maximum Gasteiger partial charge on any atom is 0.191 e. The molecule has 0 amide bonds. The normalized spacial score (nSPS) is 8.60. The van der Waals surface area contributed by atoms with Gasteiger partial charge in [0.25, 0.3) is 0 Å². The zero-order chi connectivity index (χ0) is 6.85. The van der Waals surface area contributed by atoms with E-state index in [4.69, 9.17) is 12.2 Å². The van der Waals surface area contributed by atoms with Crippen molar-refractivity contribution in [3.05, 3.63) is 22.2 Å². The Labute approximate surface area is 90.3 Å². The quantitative estimate of drug-likeness (QED) is 0.539. The van der Waals surface area contributed by atoms with Crippen molar-refractivity contribution in [2.75, 3.05) is 0 Å². The fourth-order valence-corrected chi connectivity index (χ4v) is 0.961.